The molecule has 2 heterocycles. The van der Waals surface area contributed by atoms with Crippen molar-refractivity contribution in [3.05, 3.63) is 11.6 Å². The molecule has 0 aromatic rings. The predicted molar refractivity (Wildman–Crippen MR) is 168 cm³/mol. The van der Waals surface area contributed by atoms with Crippen LogP contribution in [-0.2, 0) is 33.6 Å². The first kappa shape index (κ1) is 35.7. The normalized spacial score (nSPS) is 49.3. The Balaban J connectivity index is 1.23. The van der Waals surface area contributed by atoms with Crippen molar-refractivity contribution < 1.29 is 56.6 Å². The Kier molecular flexibility index (Phi) is 9.53. The van der Waals surface area contributed by atoms with Crippen LogP contribution in [0.1, 0.15) is 86.5 Å². The largest absolute Gasteiger partial charge is 0.479 e. The number of carboxylic acid groups (broad SMARTS) is 1. The second kappa shape index (κ2) is 12.6. The molecule has 0 bridgehead atoms. The van der Waals surface area contributed by atoms with Gasteiger partial charge in [0.05, 0.1) is 24.4 Å². The summed E-state index contributed by atoms with van der Waals surface area (Å²) in [5, 5.41) is 40.4. The van der Waals surface area contributed by atoms with Crippen LogP contribution in [0.25, 0.3) is 0 Å². The maximum Gasteiger partial charge on any atom is 0.397 e. The molecule has 2 saturated heterocycles. The molecule has 0 unspecified atom stereocenters. The third-order valence-electron chi connectivity index (χ3n) is 13.7. The second-order valence-corrected chi connectivity index (χ2v) is 17.4. The highest BCUT2D eigenvalue weighted by Crippen LogP contribution is 2.67. The zero-order valence-corrected chi connectivity index (χ0v) is 29.1. The summed E-state index contributed by atoms with van der Waals surface area (Å²) in [4.78, 5) is 11.6. The lowest BCUT2D eigenvalue weighted by atomic mass is 9.47. The average Bonchev–Trinajstić information content (AvgIpc) is 3.70. The molecule has 13 heteroatoms. The Morgan fingerprint density at radius 1 is 0.957 bits per heavy atom. The van der Waals surface area contributed by atoms with E-state index in [-0.39, 0.29) is 23.4 Å². The molecular weight excluding hydrogens is 632 g/mol. The van der Waals surface area contributed by atoms with E-state index < -0.39 is 64.7 Å². The van der Waals surface area contributed by atoms with Gasteiger partial charge in [-0.25, -0.2) is 8.98 Å². The number of allylic oxidation sites excluding steroid dienone is 2. The second-order valence-electron chi connectivity index (χ2n) is 16.4. The minimum atomic E-state index is -4.78. The van der Waals surface area contributed by atoms with Crippen LogP contribution in [0, 0.1) is 52.3 Å². The van der Waals surface area contributed by atoms with Gasteiger partial charge in [-0.15, -0.1) is 0 Å². The Hall–Kier alpha value is -1.16. The first-order valence-electron chi connectivity index (χ1n) is 17.5. The summed E-state index contributed by atoms with van der Waals surface area (Å²) in [5.41, 5.74) is 0.906. The molecule has 12 nitrogen and oxygen atoms in total. The minimum absolute atomic E-state index is 0.0256. The fraction of sp³-hybridized carbons (Fsp3) is 0.912. The molecule has 5 fully saturated rings. The molecule has 3 saturated carbocycles. The molecule has 6 aliphatic rings. The lowest BCUT2D eigenvalue weighted by Crippen LogP contribution is -2.61. The van der Waals surface area contributed by atoms with Crippen LogP contribution < -0.4 is 0 Å². The number of aliphatic hydroxyl groups is 3. The SMILES string of the molecule is CC(C)[C@@H](C)[C@@H]1O[C@H]1[C@@H](C)[C@H]1CC[C@H]2[C@@H]3C[C@H](OS(=O)(=O)O)[C@H]4C[C@@H](O[C@@H]5O[C@H](C(=O)O)[C@@H](O)[C@H](O)[C@H]5O)CC[C@]4(C)C3=CC[C@]12C. The van der Waals surface area contributed by atoms with E-state index in [2.05, 4.69) is 47.6 Å². The molecule has 0 amide bonds. The molecule has 47 heavy (non-hydrogen) atoms. The number of epoxide rings is 1. The van der Waals surface area contributed by atoms with Crippen LogP contribution in [0.4, 0.5) is 0 Å². The highest BCUT2D eigenvalue weighted by Gasteiger charge is 2.63. The summed E-state index contributed by atoms with van der Waals surface area (Å²) in [6.45, 7) is 13.6. The number of ether oxygens (including phenoxy) is 3. The van der Waals surface area contributed by atoms with Crippen molar-refractivity contribution >= 4 is 16.4 Å². The summed E-state index contributed by atoms with van der Waals surface area (Å²) < 4.78 is 57.5. The predicted octanol–water partition coefficient (Wildman–Crippen LogP) is 3.34. The smallest absolute Gasteiger partial charge is 0.397 e. The van der Waals surface area contributed by atoms with E-state index >= 15 is 0 Å². The number of aliphatic carboxylic acids is 1. The highest BCUT2D eigenvalue weighted by molar-refractivity contribution is 7.80. The van der Waals surface area contributed by atoms with Crippen LogP contribution >= 0.6 is 0 Å². The molecule has 268 valence electrons. The Morgan fingerprint density at radius 2 is 1.66 bits per heavy atom. The van der Waals surface area contributed by atoms with Gasteiger partial charge in [0.15, 0.2) is 12.4 Å². The molecular formula is C34H54O12S. The van der Waals surface area contributed by atoms with Gasteiger partial charge in [-0.2, -0.15) is 8.42 Å². The Bertz CT molecular complexity index is 1340. The standard InChI is InChI=1S/C34H54O12S/c1-15(2)16(3)28-29(44-28)17(4)20-7-8-21-19-14-24(46-47(40,41)42)23-13-18(9-11-34(23,6)22(19)10-12-33(20,21)5)43-32-27(37)25(35)26(36)30(45-32)31(38)39/h10,15-21,23-30,32,35-37H,7-9,11-14H2,1-6H3,(H,38,39)(H,40,41,42)/t16-,17+,18+,19+,20-,21+,23-,24+,25+,26+,27-,28+,29+,30+,32-,33-,34-/m1/s1. The molecule has 0 aromatic carbocycles. The minimum Gasteiger partial charge on any atom is -0.479 e. The van der Waals surface area contributed by atoms with E-state index in [1.807, 2.05) is 0 Å². The average molecular weight is 687 g/mol. The lowest BCUT2D eigenvalue weighted by Gasteiger charge is -2.59. The molecule has 2 aliphatic heterocycles. The van der Waals surface area contributed by atoms with Crippen molar-refractivity contribution in [1.82, 2.24) is 0 Å². The van der Waals surface area contributed by atoms with E-state index in [4.69, 9.17) is 18.4 Å². The highest BCUT2D eigenvalue weighted by atomic mass is 32.3. The van der Waals surface area contributed by atoms with E-state index in [9.17, 15) is 38.2 Å². The van der Waals surface area contributed by atoms with Gasteiger partial charge in [-0.1, -0.05) is 53.2 Å². The topological polar surface area (TPSA) is 193 Å². The van der Waals surface area contributed by atoms with Crippen LogP contribution in [-0.4, -0.2) is 94.5 Å². The number of fused-ring (bicyclic) bond motifs is 5. The lowest BCUT2D eigenvalue weighted by molar-refractivity contribution is -0.309. The van der Waals surface area contributed by atoms with Crippen LogP contribution in [0.2, 0.25) is 0 Å². The molecule has 0 spiro atoms. The number of carboxylic acids is 1. The first-order valence-corrected chi connectivity index (χ1v) is 18.8. The van der Waals surface area contributed by atoms with Crippen molar-refractivity contribution in [2.24, 2.45) is 52.3 Å². The van der Waals surface area contributed by atoms with Gasteiger partial charge in [0.2, 0.25) is 0 Å². The first-order chi connectivity index (χ1) is 21.9. The number of carbonyl (C=O) groups is 1. The summed E-state index contributed by atoms with van der Waals surface area (Å²) >= 11 is 0. The molecule has 0 aromatic heterocycles. The van der Waals surface area contributed by atoms with E-state index in [1.54, 1.807) is 0 Å². The van der Waals surface area contributed by atoms with Crippen molar-refractivity contribution in [2.45, 2.75) is 142 Å². The molecule has 0 radical (unpaired) electrons. The molecule has 5 N–H and O–H groups in total. The van der Waals surface area contributed by atoms with Crippen LogP contribution in [0.3, 0.4) is 0 Å². The fourth-order valence-corrected chi connectivity index (χ4v) is 11.3. The molecule has 17 atom stereocenters. The third kappa shape index (κ3) is 6.24. The number of aliphatic hydroxyl groups excluding tert-OH is 3. The van der Waals surface area contributed by atoms with Crippen molar-refractivity contribution in [3.63, 3.8) is 0 Å². The quantitative estimate of drug-likeness (QED) is 0.103. The van der Waals surface area contributed by atoms with Gasteiger partial charge in [0, 0.05) is 0 Å². The van der Waals surface area contributed by atoms with Gasteiger partial charge in [0.1, 0.15) is 18.3 Å². The molecule has 6 rings (SSSR count). The number of hydrogen-bond acceptors (Lipinski definition) is 10. The van der Waals surface area contributed by atoms with E-state index in [1.165, 1.54) is 5.57 Å². The Labute approximate surface area is 278 Å². The number of hydrogen-bond donors (Lipinski definition) is 5. The zero-order chi connectivity index (χ0) is 34.4. The molecule has 4 aliphatic carbocycles. The van der Waals surface area contributed by atoms with Gasteiger partial charge in [-0.05, 0) is 97.2 Å². The third-order valence-corrected chi connectivity index (χ3v) is 14.2. The maximum absolute atomic E-state index is 12.2. The summed E-state index contributed by atoms with van der Waals surface area (Å²) in [6, 6.07) is 0. The van der Waals surface area contributed by atoms with E-state index in [0.717, 1.165) is 19.3 Å². The number of rotatable bonds is 9. The van der Waals surface area contributed by atoms with E-state index in [0.29, 0.717) is 61.4 Å². The van der Waals surface area contributed by atoms with Crippen molar-refractivity contribution in [1.29, 1.82) is 0 Å². The zero-order valence-electron chi connectivity index (χ0n) is 28.3. The van der Waals surface area contributed by atoms with Crippen molar-refractivity contribution in [2.75, 3.05) is 0 Å². The summed E-state index contributed by atoms with van der Waals surface area (Å²) in [5.74, 6) is 0.509. The fourth-order valence-electron chi connectivity index (χ4n) is 10.7. The maximum atomic E-state index is 12.2. The van der Waals surface area contributed by atoms with Gasteiger partial charge < -0.3 is 34.6 Å². The Morgan fingerprint density at radius 3 is 2.30 bits per heavy atom. The monoisotopic (exact) mass is 686 g/mol. The van der Waals surface area contributed by atoms with Crippen molar-refractivity contribution in [3.8, 4) is 0 Å². The summed E-state index contributed by atoms with van der Waals surface area (Å²) in [6.07, 6.45) is -2.13. The van der Waals surface area contributed by atoms with Gasteiger partial charge in [-0.3, -0.25) is 4.55 Å². The van der Waals surface area contributed by atoms with Gasteiger partial charge >= 0.3 is 16.4 Å². The van der Waals surface area contributed by atoms with Crippen LogP contribution in [0.5, 0.6) is 0 Å². The summed E-state index contributed by atoms with van der Waals surface area (Å²) in [7, 11) is -4.78. The van der Waals surface area contributed by atoms with Gasteiger partial charge in [0.25, 0.3) is 0 Å². The van der Waals surface area contributed by atoms with Crippen LogP contribution in [0.15, 0.2) is 11.6 Å².